The number of nitrogen functional groups attached to an aromatic ring is 1. The van der Waals surface area contributed by atoms with E-state index in [9.17, 15) is 0 Å². The van der Waals surface area contributed by atoms with Gasteiger partial charge in [-0.25, -0.2) is 0 Å². The molecule has 2 aliphatic rings. The number of nitrogens with two attached hydrogens (primary N) is 1. The van der Waals surface area contributed by atoms with Crippen molar-refractivity contribution in [1.82, 2.24) is 20.2 Å². The minimum Gasteiger partial charge on any atom is -0.368 e. The Morgan fingerprint density at radius 2 is 2.00 bits per heavy atom. The van der Waals surface area contributed by atoms with Crippen LogP contribution in [0.2, 0.25) is 0 Å². The molecule has 2 aromatic heterocycles. The van der Waals surface area contributed by atoms with Crippen LogP contribution in [0.5, 0.6) is 0 Å². The Bertz CT molecular complexity index is 621. The van der Waals surface area contributed by atoms with Crippen molar-refractivity contribution in [2.45, 2.75) is 32.1 Å². The molecule has 2 atom stereocenters. The van der Waals surface area contributed by atoms with E-state index < -0.39 is 0 Å². The van der Waals surface area contributed by atoms with Gasteiger partial charge in [-0.15, -0.1) is 0 Å². The minimum absolute atomic E-state index is 0.322. The summed E-state index contributed by atoms with van der Waals surface area (Å²) in [6.07, 6.45) is 8.63. The third-order valence-electron chi connectivity index (χ3n) is 4.90. The number of hydrogen-bond acceptors (Lipinski definition) is 5. The van der Waals surface area contributed by atoms with Crippen molar-refractivity contribution in [2.75, 3.05) is 23.7 Å². The number of nitrogens with zero attached hydrogens (tertiary/aromatic N) is 4. The Labute approximate surface area is 117 Å². The van der Waals surface area contributed by atoms with Crippen molar-refractivity contribution in [3.63, 3.8) is 0 Å². The first-order chi connectivity index (χ1) is 9.81. The van der Waals surface area contributed by atoms with E-state index in [-0.39, 0.29) is 0 Å². The highest BCUT2D eigenvalue weighted by atomic mass is 15.2. The van der Waals surface area contributed by atoms with Crippen LogP contribution in [0.4, 0.5) is 11.8 Å². The van der Waals surface area contributed by atoms with Gasteiger partial charge in [-0.05, 0) is 24.7 Å². The average Bonchev–Trinajstić information content (AvgIpc) is 2.94. The number of rotatable bonds is 1. The summed E-state index contributed by atoms with van der Waals surface area (Å²) >= 11 is 0. The smallest absolute Gasteiger partial charge is 0.224 e. The van der Waals surface area contributed by atoms with E-state index >= 15 is 0 Å². The van der Waals surface area contributed by atoms with Crippen molar-refractivity contribution < 1.29 is 0 Å². The van der Waals surface area contributed by atoms with Crippen LogP contribution in [0.25, 0.3) is 11.0 Å². The number of H-pyrrole nitrogens is 1. The molecule has 6 heteroatoms. The van der Waals surface area contributed by atoms with Gasteiger partial charge in [0, 0.05) is 13.1 Å². The van der Waals surface area contributed by atoms with Crippen LogP contribution in [0.3, 0.4) is 0 Å². The molecular weight excluding hydrogens is 252 g/mol. The molecule has 0 radical (unpaired) electrons. The lowest BCUT2D eigenvalue weighted by atomic mass is 9.75. The molecule has 2 fully saturated rings. The molecule has 0 spiro atoms. The van der Waals surface area contributed by atoms with E-state index in [0.717, 1.165) is 41.8 Å². The van der Waals surface area contributed by atoms with Crippen molar-refractivity contribution in [3.8, 4) is 0 Å². The molecule has 1 aliphatic carbocycles. The van der Waals surface area contributed by atoms with Crippen molar-refractivity contribution >= 4 is 22.8 Å². The summed E-state index contributed by atoms with van der Waals surface area (Å²) in [7, 11) is 0. The summed E-state index contributed by atoms with van der Waals surface area (Å²) in [4.78, 5) is 11.0. The first kappa shape index (κ1) is 11.9. The molecule has 2 unspecified atom stereocenters. The van der Waals surface area contributed by atoms with Crippen LogP contribution in [0.15, 0.2) is 6.20 Å². The zero-order valence-electron chi connectivity index (χ0n) is 11.5. The second-order valence-corrected chi connectivity index (χ2v) is 6.08. The van der Waals surface area contributed by atoms with Crippen LogP contribution in [0.1, 0.15) is 32.1 Å². The molecule has 1 aliphatic heterocycles. The van der Waals surface area contributed by atoms with E-state index in [1.54, 1.807) is 6.20 Å². The van der Waals surface area contributed by atoms with E-state index in [2.05, 4.69) is 25.1 Å². The second-order valence-electron chi connectivity index (χ2n) is 6.08. The van der Waals surface area contributed by atoms with Gasteiger partial charge >= 0.3 is 0 Å². The molecule has 106 valence electrons. The van der Waals surface area contributed by atoms with Crippen LogP contribution < -0.4 is 10.6 Å². The predicted octanol–water partition coefficient (Wildman–Crippen LogP) is 1.95. The fraction of sp³-hybridized carbons (Fsp3) is 0.643. The molecule has 20 heavy (non-hydrogen) atoms. The third kappa shape index (κ3) is 1.90. The van der Waals surface area contributed by atoms with Gasteiger partial charge in [0.25, 0.3) is 0 Å². The van der Waals surface area contributed by atoms with Gasteiger partial charge in [-0.3, -0.25) is 5.10 Å². The van der Waals surface area contributed by atoms with Gasteiger partial charge < -0.3 is 10.6 Å². The zero-order chi connectivity index (χ0) is 13.5. The number of nitrogens with one attached hydrogen (secondary N) is 1. The Hall–Kier alpha value is -1.85. The number of fused-ring (bicyclic) bond motifs is 2. The molecule has 3 N–H and O–H groups in total. The predicted molar refractivity (Wildman–Crippen MR) is 78.4 cm³/mol. The van der Waals surface area contributed by atoms with Crippen LogP contribution >= 0.6 is 0 Å². The highest BCUT2D eigenvalue weighted by molar-refractivity contribution is 5.87. The summed E-state index contributed by atoms with van der Waals surface area (Å²) in [5.41, 5.74) is 6.56. The molecule has 3 heterocycles. The molecule has 0 amide bonds. The lowest BCUT2D eigenvalue weighted by Crippen LogP contribution is -2.42. The first-order valence-electron chi connectivity index (χ1n) is 7.53. The van der Waals surface area contributed by atoms with Gasteiger partial charge in [0.1, 0.15) is 5.82 Å². The Kier molecular flexibility index (Phi) is 2.75. The van der Waals surface area contributed by atoms with Gasteiger partial charge in [0.15, 0.2) is 5.65 Å². The van der Waals surface area contributed by atoms with Gasteiger partial charge in [-0.2, -0.15) is 15.1 Å². The Morgan fingerprint density at radius 3 is 2.90 bits per heavy atom. The fourth-order valence-electron chi connectivity index (χ4n) is 3.87. The molecule has 0 bridgehead atoms. The van der Waals surface area contributed by atoms with Gasteiger partial charge in [0.05, 0.1) is 11.6 Å². The maximum Gasteiger partial charge on any atom is 0.224 e. The lowest BCUT2D eigenvalue weighted by Gasteiger charge is -2.41. The van der Waals surface area contributed by atoms with E-state index in [4.69, 9.17) is 5.73 Å². The van der Waals surface area contributed by atoms with Crippen LogP contribution in [0, 0.1) is 11.8 Å². The second kappa shape index (κ2) is 4.61. The summed E-state index contributed by atoms with van der Waals surface area (Å²) in [6.45, 7) is 2.17. The molecule has 4 rings (SSSR count). The van der Waals surface area contributed by atoms with E-state index in [1.165, 1.54) is 32.1 Å². The number of aromatic nitrogens is 4. The fourth-order valence-corrected chi connectivity index (χ4v) is 3.87. The van der Waals surface area contributed by atoms with Crippen molar-refractivity contribution in [2.24, 2.45) is 11.8 Å². The number of anilines is 2. The zero-order valence-corrected chi connectivity index (χ0v) is 11.5. The third-order valence-corrected chi connectivity index (χ3v) is 4.90. The maximum atomic E-state index is 5.83. The van der Waals surface area contributed by atoms with Gasteiger partial charge in [-0.1, -0.05) is 19.3 Å². The number of piperidine rings is 1. The van der Waals surface area contributed by atoms with Gasteiger partial charge in [0.2, 0.25) is 5.95 Å². The Morgan fingerprint density at radius 1 is 1.15 bits per heavy atom. The lowest BCUT2D eigenvalue weighted by molar-refractivity contribution is 0.202. The Balaban J connectivity index is 1.67. The van der Waals surface area contributed by atoms with Crippen molar-refractivity contribution in [1.29, 1.82) is 0 Å². The van der Waals surface area contributed by atoms with Crippen LogP contribution in [-0.2, 0) is 0 Å². The monoisotopic (exact) mass is 272 g/mol. The molecule has 6 nitrogen and oxygen atoms in total. The van der Waals surface area contributed by atoms with E-state index in [0.29, 0.717) is 5.95 Å². The summed E-state index contributed by atoms with van der Waals surface area (Å²) < 4.78 is 0. The normalized spacial score (nSPS) is 26.7. The largest absolute Gasteiger partial charge is 0.368 e. The summed E-state index contributed by atoms with van der Waals surface area (Å²) in [5, 5.41) is 7.94. The molecule has 1 saturated carbocycles. The molecule has 2 aromatic rings. The summed E-state index contributed by atoms with van der Waals surface area (Å²) in [6, 6.07) is 0. The summed E-state index contributed by atoms with van der Waals surface area (Å²) in [5.74, 6) is 3.00. The average molecular weight is 272 g/mol. The van der Waals surface area contributed by atoms with Crippen LogP contribution in [-0.4, -0.2) is 33.3 Å². The van der Waals surface area contributed by atoms with Crippen molar-refractivity contribution in [3.05, 3.63) is 6.20 Å². The molecule has 0 aromatic carbocycles. The maximum absolute atomic E-state index is 5.83. The molecule has 1 saturated heterocycles. The highest BCUT2D eigenvalue weighted by Crippen LogP contribution is 2.38. The number of aromatic amines is 1. The minimum atomic E-state index is 0.322. The standard InChI is InChI=1S/C14H20N6/c15-14-17-12-11(7-16-19-12)13(18-14)20-6-5-9-3-1-2-4-10(9)8-20/h7,9-10H,1-6,8H2,(H3,15,16,17,18,19). The SMILES string of the molecule is Nc1nc(N2CCC3CCCCC3C2)c2cn[nH]c2n1. The topological polar surface area (TPSA) is 83.7 Å². The number of hydrogen-bond donors (Lipinski definition) is 2. The van der Waals surface area contributed by atoms with E-state index in [1.807, 2.05) is 0 Å². The quantitative estimate of drug-likeness (QED) is 0.829. The highest BCUT2D eigenvalue weighted by Gasteiger charge is 2.32. The molecular formula is C14H20N6. The first-order valence-corrected chi connectivity index (χ1v) is 7.53.